The van der Waals surface area contributed by atoms with Crippen molar-refractivity contribution >= 4 is 41.1 Å². The van der Waals surface area contributed by atoms with Crippen LogP contribution in [0.3, 0.4) is 0 Å². The van der Waals surface area contributed by atoms with Crippen LogP contribution >= 0.6 is 18.7 Å². The molecule has 0 saturated carbocycles. The summed E-state index contributed by atoms with van der Waals surface area (Å²) in [6.07, 6.45) is 1.66. The van der Waals surface area contributed by atoms with E-state index >= 15 is 0 Å². The molecule has 2 atom stereocenters. The molecule has 37 heavy (non-hydrogen) atoms. The second-order valence-electron chi connectivity index (χ2n) is 9.46. The van der Waals surface area contributed by atoms with E-state index in [0.717, 1.165) is 4.90 Å². The fourth-order valence-corrected chi connectivity index (χ4v) is 6.32. The van der Waals surface area contributed by atoms with Crippen molar-refractivity contribution in [2.75, 3.05) is 20.3 Å². The van der Waals surface area contributed by atoms with Crippen LogP contribution in [0.2, 0.25) is 5.02 Å². The zero-order valence-corrected chi connectivity index (χ0v) is 21.3. The molecule has 0 unspecified atom stereocenters. The largest absolute Gasteiger partial charge is 0.434 e. The van der Waals surface area contributed by atoms with Crippen LogP contribution < -0.4 is 10.2 Å². The number of carbonyl (C=O) groups excluding carboxylic acids is 1. The summed E-state index contributed by atoms with van der Waals surface area (Å²) in [4.78, 5) is 23.4. The van der Waals surface area contributed by atoms with Crippen molar-refractivity contribution in [2.45, 2.75) is 25.1 Å². The molecule has 4 heterocycles. The standard InChI is InChI=1S/C26H22ClF2N4O3P/c1-32-20-11-19(23-14(25(32)34)5-4-6-21(23)36-26(28)29)33-18-9-13(7-8-17(18)31-24(20)33)15-12-30-22(10-16(15)27)37(2,3)35/h4-10,12,19-20,26H,11H2,1-3H3/t19-,20-/m1/s1/i1D3. The Balaban J connectivity index is 1.58. The first kappa shape index (κ1) is 20.7. The van der Waals surface area contributed by atoms with Gasteiger partial charge in [0.1, 0.15) is 24.2 Å². The molecule has 2 aromatic heterocycles. The van der Waals surface area contributed by atoms with Gasteiger partial charge >= 0.3 is 6.61 Å². The third-order valence-corrected chi connectivity index (χ3v) is 8.51. The molecule has 0 N–H and O–H groups in total. The number of alkyl halides is 2. The lowest BCUT2D eigenvalue weighted by atomic mass is 9.97. The second-order valence-corrected chi connectivity index (χ2v) is 13.0. The number of carbonyl (C=O) groups is 1. The Bertz CT molecular complexity index is 1760. The van der Waals surface area contributed by atoms with Gasteiger partial charge in [0.15, 0.2) is 0 Å². The average molecular weight is 546 g/mol. The fraction of sp³-hybridized carbons (Fsp3) is 0.269. The lowest BCUT2D eigenvalue weighted by Crippen LogP contribution is -2.30. The lowest BCUT2D eigenvalue weighted by Gasteiger charge is -2.24. The Kier molecular flexibility index (Phi) is 4.69. The van der Waals surface area contributed by atoms with E-state index in [9.17, 15) is 18.1 Å². The van der Waals surface area contributed by atoms with Crippen molar-refractivity contribution in [2.24, 2.45) is 0 Å². The number of fused-ring (bicyclic) bond motifs is 9. The zero-order chi connectivity index (χ0) is 28.7. The zero-order valence-electron chi connectivity index (χ0n) is 22.7. The summed E-state index contributed by atoms with van der Waals surface area (Å²) in [6, 6.07) is 9.41. The third-order valence-electron chi connectivity index (χ3n) is 6.85. The van der Waals surface area contributed by atoms with Crippen LogP contribution in [0.4, 0.5) is 8.78 Å². The van der Waals surface area contributed by atoms with E-state index in [-0.39, 0.29) is 23.3 Å². The number of ether oxygens (including phenoxy) is 1. The van der Waals surface area contributed by atoms with E-state index in [1.54, 1.807) is 48.4 Å². The average Bonchev–Trinajstić information content (AvgIpc) is 3.35. The molecule has 6 rings (SSSR count). The van der Waals surface area contributed by atoms with Crippen molar-refractivity contribution in [3.8, 4) is 16.9 Å². The molecule has 2 aliphatic rings. The summed E-state index contributed by atoms with van der Waals surface area (Å²) in [5.74, 6) is -0.672. The summed E-state index contributed by atoms with van der Waals surface area (Å²) in [6.45, 7) is -2.76. The van der Waals surface area contributed by atoms with Crippen LogP contribution in [-0.4, -0.2) is 52.3 Å². The first-order chi connectivity index (χ1) is 18.8. The molecule has 0 fully saturated rings. The molecular formula is C26H22ClF2N4O3P. The summed E-state index contributed by atoms with van der Waals surface area (Å²) >= 11 is 6.57. The molecule has 0 saturated heterocycles. The van der Waals surface area contributed by atoms with E-state index in [4.69, 9.17) is 20.5 Å². The topological polar surface area (TPSA) is 77.3 Å². The maximum atomic E-state index is 13.6. The van der Waals surface area contributed by atoms with Gasteiger partial charge in [-0.25, -0.2) is 4.98 Å². The SMILES string of the molecule is [2H]C([2H])([2H])N1C(=O)c2cccc(OC(F)F)c2[C@H]2C[C@@H]1c1nc3ccc(-c4cnc(P(C)(C)=O)cc4Cl)cc3n12. The molecule has 190 valence electrons. The van der Waals surface area contributed by atoms with E-state index in [1.807, 2.05) is 0 Å². The Morgan fingerprint density at radius 3 is 2.70 bits per heavy atom. The van der Waals surface area contributed by atoms with Gasteiger partial charge in [-0.15, -0.1) is 0 Å². The molecule has 0 radical (unpaired) electrons. The van der Waals surface area contributed by atoms with Gasteiger partial charge in [-0.1, -0.05) is 23.7 Å². The van der Waals surface area contributed by atoms with Gasteiger partial charge in [0.25, 0.3) is 5.91 Å². The van der Waals surface area contributed by atoms with Crippen LogP contribution in [0.5, 0.6) is 5.75 Å². The predicted molar refractivity (Wildman–Crippen MR) is 138 cm³/mol. The lowest BCUT2D eigenvalue weighted by molar-refractivity contribution is -0.0507. The molecule has 4 aromatic rings. The molecule has 0 aliphatic carbocycles. The van der Waals surface area contributed by atoms with Crippen molar-refractivity contribution in [1.82, 2.24) is 19.4 Å². The van der Waals surface area contributed by atoms with Gasteiger partial charge in [0.2, 0.25) is 0 Å². The molecule has 1 amide bonds. The first-order valence-corrected chi connectivity index (χ1v) is 14.4. The van der Waals surface area contributed by atoms with Gasteiger partial charge in [0.05, 0.1) is 28.1 Å². The summed E-state index contributed by atoms with van der Waals surface area (Å²) in [7, 11) is -2.64. The van der Waals surface area contributed by atoms with Gasteiger partial charge < -0.3 is 18.8 Å². The third kappa shape index (κ3) is 3.75. The summed E-state index contributed by atoms with van der Waals surface area (Å²) < 4.78 is 70.3. The predicted octanol–water partition coefficient (Wildman–Crippen LogP) is 5.72. The van der Waals surface area contributed by atoms with Crippen LogP contribution in [0.1, 0.15) is 44.4 Å². The van der Waals surface area contributed by atoms with Gasteiger partial charge in [0, 0.05) is 40.4 Å². The maximum absolute atomic E-state index is 13.6. The van der Waals surface area contributed by atoms with Crippen LogP contribution in [0, 0.1) is 0 Å². The van der Waals surface area contributed by atoms with E-state index < -0.39 is 38.7 Å². The molecule has 11 heteroatoms. The highest BCUT2D eigenvalue weighted by atomic mass is 35.5. The van der Waals surface area contributed by atoms with Crippen molar-refractivity contribution in [1.29, 1.82) is 0 Å². The normalized spacial score (nSPS) is 20.3. The first-order valence-electron chi connectivity index (χ1n) is 12.9. The Morgan fingerprint density at radius 2 is 2.00 bits per heavy atom. The van der Waals surface area contributed by atoms with Crippen molar-refractivity contribution in [3.05, 3.63) is 70.6 Å². The van der Waals surface area contributed by atoms with E-state index in [0.29, 0.717) is 38.4 Å². The summed E-state index contributed by atoms with van der Waals surface area (Å²) in [5.41, 5.74) is 2.92. The molecule has 2 aromatic carbocycles. The van der Waals surface area contributed by atoms with Gasteiger partial charge in [-0.3, -0.25) is 9.78 Å². The fourth-order valence-electron chi connectivity index (χ4n) is 5.20. The van der Waals surface area contributed by atoms with Crippen LogP contribution in [0.15, 0.2) is 48.7 Å². The number of pyridine rings is 1. The highest BCUT2D eigenvalue weighted by Crippen LogP contribution is 2.50. The smallest absolute Gasteiger partial charge is 0.387 e. The molecule has 2 aliphatic heterocycles. The minimum absolute atomic E-state index is 0.0168. The quantitative estimate of drug-likeness (QED) is 0.307. The Morgan fingerprint density at radius 1 is 1.19 bits per heavy atom. The highest BCUT2D eigenvalue weighted by molar-refractivity contribution is 7.69. The maximum Gasteiger partial charge on any atom is 0.387 e. The molecule has 2 bridgehead atoms. The molecule has 7 nitrogen and oxygen atoms in total. The Hall–Kier alpha value is -3.29. The number of nitrogens with zero attached hydrogens (tertiary/aromatic N) is 4. The van der Waals surface area contributed by atoms with Gasteiger partial charge in [-0.2, -0.15) is 8.78 Å². The number of benzene rings is 2. The number of halogens is 3. The van der Waals surface area contributed by atoms with Crippen LogP contribution in [0.25, 0.3) is 22.2 Å². The number of hydrogen-bond acceptors (Lipinski definition) is 5. The van der Waals surface area contributed by atoms with E-state index in [1.165, 1.54) is 18.2 Å². The highest BCUT2D eigenvalue weighted by Gasteiger charge is 2.45. The number of amides is 1. The Labute approximate surface area is 220 Å². The van der Waals surface area contributed by atoms with Crippen LogP contribution in [-0.2, 0) is 4.57 Å². The number of rotatable bonds is 4. The number of imidazole rings is 1. The number of hydrogen-bond donors (Lipinski definition) is 0. The molecule has 0 spiro atoms. The summed E-state index contributed by atoms with van der Waals surface area (Å²) in [5, 5.41) is 0.349. The van der Waals surface area contributed by atoms with Crippen molar-refractivity contribution in [3.63, 3.8) is 0 Å². The monoisotopic (exact) mass is 545 g/mol. The minimum Gasteiger partial charge on any atom is -0.434 e. The van der Waals surface area contributed by atoms with E-state index in [2.05, 4.69) is 9.97 Å². The second kappa shape index (κ2) is 8.36. The van der Waals surface area contributed by atoms with Gasteiger partial charge in [-0.05, 0) is 49.2 Å². The number of aromatic nitrogens is 3. The molecular weight excluding hydrogens is 521 g/mol. The van der Waals surface area contributed by atoms with Crippen molar-refractivity contribution < 1.29 is 27.0 Å². The minimum atomic E-state index is -3.15.